The van der Waals surface area contributed by atoms with Crippen molar-refractivity contribution in [2.45, 2.75) is 12.3 Å². The van der Waals surface area contributed by atoms with Gasteiger partial charge in [-0.1, -0.05) is 48.5 Å². The summed E-state index contributed by atoms with van der Waals surface area (Å²) in [5.41, 5.74) is -0.0260. The van der Waals surface area contributed by atoms with Gasteiger partial charge in [-0.05, 0) is 12.1 Å². The van der Waals surface area contributed by atoms with Gasteiger partial charge in [0.15, 0.2) is 0 Å². The number of rotatable bonds is 3. The highest BCUT2D eigenvalue weighted by Gasteiger charge is 2.44. The number of benzene rings is 2. The molecule has 0 bridgehead atoms. The third-order valence-electron chi connectivity index (χ3n) is 2.63. The van der Waals surface area contributed by atoms with E-state index in [4.69, 9.17) is 0 Å². The Balaban J connectivity index is 2.24. The van der Waals surface area contributed by atoms with Gasteiger partial charge in [0, 0.05) is 5.56 Å². The monoisotopic (exact) mass is 280 g/mol. The lowest BCUT2D eigenvalue weighted by atomic mass is 10.1. The molecular weight excluding hydrogens is 269 g/mol. The lowest BCUT2D eigenvalue weighted by Gasteiger charge is -2.21. The molecule has 0 unspecified atom stereocenters. The Bertz CT molecular complexity index is 565. The van der Waals surface area contributed by atoms with E-state index in [0.29, 0.717) is 0 Å². The van der Waals surface area contributed by atoms with Gasteiger partial charge in [-0.3, -0.25) is 0 Å². The number of esters is 1. The first-order chi connectivity index (χ1) is 9.48. The van der Waals surface area contributed by atoms with Crippen LogP contribution in [-0.2, 0) is 4.74 Å². The zero-order chi connectivity index (χ0) is 14.6. The number of hydrogen-bond donors (Lipinski definition) is 0. The molecule has 2 rings (SSSR count). The van der Waals surface area contributed by atoms with Gasteiger partial charge in [0.1, 0.15) is 0 Å². The molecule has 2 aromatic carbocycles. The number of halogens is 3. The van der Waals surface area contributed by atoms with E-state index < -0.39 is 18.2 Å². The highest BCUT2D eigenvalue weighted by Crippen LogP contribution is 2.36. The molecule has 0 fully saturated rings. The van der Waals surface area contributed by atoms with Crippen molar-refractivity contribution in [3.05, 3.63) is 71.8 Å². The first-order valence-electron chi connectivity index (χ1n) is 5.86. The lowest BCUT2D eigenvalue weighted by molar-refractivity contribution is -0.207. The molecule has 1 atom stereocenters. The van der Waals surface area contributed by atoms with Gasteiger partial charge in [-0.15, -0.1) is 0 Å². The van der Waals surface area contributed by atoms with Gasteiger partial charge >= 0.3 is 12.1 Å². The maximum atomic E-state index is 13.0. The minimum absolute atomic E-state index is 0.0812. The van der Waals surface area contributed by atoms with E-state index in [9.17, 15) is 18.0 Å². The van der Waals surface area contributed by atoms with Crippen LogP contribution in [0.3, 0.4) is 0 Å². The van der Waals surface area contributed by atoms with Crippen LogP contribution in [0.5, 0.6) is 0 Å². The zero-order valence-corrected chi connectivity index (χ0v) is 10.3. The summed E-state index contributed by atoms with van der Waals surface area (Å²) in [6, 6.07) is 14.7. The van der Waals surface area contributed by atoms with E-state index in [1.54, 1.807) is 24.3 Å². The highest BCUT2D eigenvalue weighted by atomic mass is 19.4. The van der Waals surface area contributed by atoms with Crippen molar-refractivity contribution in [3.8, 4) is 0 Å². The van der Waals surface area contributed by atoms with Crippen molar-refractivity contribution in [2.24, 2.45) is 0 Å². The molecule has 0 aromatic heterocycles. The molecule has 0 saturated heterocycles. The molecule has 104 valence electrons. The third-order valence-corrected chi connectivity index (χ3v) is 2.63. The summed E-state index contributed by atoms with van der Waals surface area (Å²) in [5.74, 6) is -1.00. The fourth-order valence-corrected chi connectivity index (χ4v) is 1.70. The summed E-state index contributed by atoms with van der Waals surface area (Å²) in [6.07, 6.45) is -6.93. The van der Waals surface area contributed by atoms with Crippen LogP contribution in [0.4, 0.5) is 13.2 Å². The average Bonchev–Trinajstić information content (AvgIpc) is 2.45. The molecular formula is C15H11F3O2. The number of hydrogen-bond acceptors (Lipinski definition) is 2. The van der Waals surface area contributed by atoms with Gasteiger partial charge in [-0.25, -0.2) is 4.79 Å². The second kappa shape index (κ2) is 5.77. The van der Waals surface area contributed by atoms with Crippen molar-refractivity contribution in [3.63, 3.8) is 0 Å². The molecule has 0 heterocycles. The minimum atomic E-state index is -4.66. The Morgan fingerprint density at radius 1 is 0.900 bits per heavy atom. The molecule has 0 N–H and O–H groups in total. The molecule has 5 heteroatoms. The Hall–Kier alpha value is -2.30. The van der Waals surface area contributed by atoms with Crippen molar-refractivity contribution in [1.29, 1.82) is 0 Å². The van der Waals surface area contributed by atoms with Crippen LogP contribution < -0.4 is 0 Å². The standard InChI is InChI=1S/C15H11F3O2/c16-15(17,18)13(11-7-3-1-4-8-11)20-14(19)12-9-5-2-6-10-12/h1-10,13H/t13-/m0/s1. The van der Waals surface area contributed by atoms with Gasteiger partial charge in [0.25, 0.3) is 0 Å². The maximum absolute atomic E-state index is 13.0. The van der Waals surface area contributed by atoms with E-state index in [1.807, 2.05) is 0 Å². The first-order valence-corrected chi connectivity index (χ1v) is 5.86. The second-order valence-electron chi connectivity index (χ2n) is 4.10. The Kier molecular flexibility index (Phi) is 4.08. The maximum Gasteiger partial charge on any atom is 0.429 e. The smallest absolute Gasteiger partial charge is 0.429 e. The molecule has 0 aliphatic carbocycles. The van der Waals surface area contributed by atoms with Crippen LogP contribution in [0.25, 0.3) is 0 Å². The minimum Gasteiger partial charge on any atom is -0.444 e. The molecule has 0 amide bonds. The molecule has 2 aromatic rings. The first kappa shape index (κ1) is 14.1. The van der Waals surface area contributed by atoms with Crippen LogP contribution in [0.2, 0.25) is 0 Å². The molecule has 0 aliphatic heterocycles. The van der Waals surface area contributed by atoms with E-state index in [2.05, 4.69) is 4.74 Å². The topological polar surface area (TPSA) is 26.3 Å². The fraction of sp³-hybridized carbons (Fsp3) is 0.133. The summed E-state index contributed by atoms with van der Waals surface area (Å²) in [4.78, 5) is 11.8. The quantitative estimate of drug-likeness (QED) is 0.789. The summed E-state index contributed by atoms with van der Waals surface area (Å²) in [5, 5.41) is 0. The van der Waals surface area contributed by atoms with Crippen molar-refractivity contribution in [1.82, 2.24) is 0 Å². The largest absolute Gasteiger partial charge is 0.444 e. The Labute approximate surface area is 113 Å². The van der Waals surface area contributed by atoms with Crippen molar-refractivity contribution in [2.75, 3.05) is 0 Å². The number of carbonyl (C=O) groups is 1. The number of carbonyl (C=O) groups excluding carboxylic acids is 1. The van der Waals surface area contributed by atoms with E-state index in [-0.39, 0.29) is 11.1 Å². The summed E-state index contributed by atoms with van der Waals surface area (Å²) < 4.78 is 43.6. The van der Waals surface area contributed by atoms with Crippen LogP contribution in [-0.4, -0.2) is 12.1 Å². The Morgan fingerprint density at radius 2 is 1.40 bits per heavy atom. The van der Waals surface area contributed by atoms with Gasteiger partial charge in [0.2, 0.25) is 6.10 Å². The molecule has 0 saturated carbocycles. The summed E-state index contributed by atoms with van der Waals surface area (Å²) in [7, 11) is 0. The molecule has 0 aliphatic rings. The summed E-state index contributed by atoms with van der Waals surface area (Å²) in [6.45, 7) is 0. The molecule has 0 spiro atoms. The van der Waals surface area contributed by atoms with E-state index >= 15 is 0 Å². The van der Waals surface area contributed by atoms with Crippen LogP contribution in [0, 0.1) is 0 Å². The number of alkyl halides is 3. The third kappa shape index (κ3) is 3.38. The normalized spacial score (nSPS) is 12.8. The predicted molar refractivity (Wildman–Crippen MR) is 67.1 cm³/mol. The molecule has 2 nitrogen and oxygen atoms in total. The average molecular weight is 280 g/mol. The van der Waals surface area contributed by atoms with E-state index in [0.717, 1.165) is 0 Å². The van der Waals surface area contributed by atoms with E-state index in [1.165, 1.54) is 36.4 Å². The number of ether oxygens (including phenoxy) is 1. The molecule has 20 heavy (non-hydrogen) atoms. The Morgan fingerprint density at radius 3 is 1.90 bits per heavy atom. The van der Waals surface area contributed by atoms with Crippen molar-refractivity contribution < 1.29 is 22.7 Å². The van der Waals surface area contributed by atoms with Crippen LogP contribution >= 0.6 is 0 Å². The SMILES string of the molecule is O=C(O[C@@H](c1ccccc1)C(F)(F)F)c1ccccc1. The summed E-state index contributed by atoms with van der Waals surface area (Å²) >= 11 is 0. The van der Waals surface area contributed by atoms with Crippen LogP contribution in [0.1, 0.15) is 22.0 Å². The van der Waals surface area contributed by atoms with Gasteiger partial charge in [0.05, 0.1) is 5.56 Å². The molecule has 0 radical (unpaired) electrons. The predicted octanol–water partition coefficient (Wildman–Crippen LogP) is 4.15. The van der Waals surface area contributed by atoms with Gasteiger partial charge in [-0.2, -0.15) is 13.2 Å². The van der Waals surface area contributed by atoms with Crippen LogP contribution in [0.15, 0.2) is 60.7 Å². The zero-order valence-electron chi connectivity index (χ0n) is 10.3. The van der Waals surface area contributed by atoms with Crippen molar-refractivity contribution >= 4 is 5.97 Å². The lowest BCUT2D eigenvalue weighted by Crippen LogP contribution is -2.26. The van der Waals surface area contributed by atoms with Gasteiger partial charge < -0.3 is 4.74 Å². The fourth-order valence-electron chi connectivity index (χ4n) is 1.70. The second-order valence-corrected chi connectivity index (χ2v) is 4.10. The highest BCUT2D eigenvalue weighted by molar-refractivity contribution is 5.89.